The molecule has 2 aliphatic rings. The Kier molecular flexibility index (Phi) is 4.03. The molecule has 1 aliphatic heterocycles. The number of aromatic nitrogens is 4. The Morgan fingerprint density at radius 3 is 2.79 bits per heavy atom. The number of imidazole rings is 1. The molecule has 1 aliphatic carbocycles. The number of nitrogens with one attached hydrogen (secondary N) is 1. The predicted octanol–water partition coefficient (Wildman–Crippen LogP) is 3.00. The third-order valence-corrected chi connectivity index (χ3v) is 5.78. The van der Waals surface area contributed by atoms with Crippen LogP contribution in [-0.4, -0.2) is 44.1 Å². The van der Waals surface area contributed by atoms with E-state index in [0.717, 1.165) is 47.6 Å². The number of nitrogens with zero attached hydrogens (tertiary/aromatic N) is 5. The van der Waals surface area contributed by atoms with Gasteiger partial charge in [-0.05, 0) is 57.2 Å². The lowest BCUT2D eigenvalue weighted by atomic mass is 10.1. The second kappa shape index (κ2) is 6.58. The lowest BCUT2D eigenvalue weighted by Gasteiger charge is -2.22. The molecule has 3 heterocycles. The molecular formula is C21H24N6O. The van der Waals surface area contributed by atoms with Gasteiger partial charge in [-0.1, -0.05) is 6.07 Å². The van der Waals surface area contributed by atoms with Gasteiger partial charge in [0.05, 0.1) is 5.69 Å². The summed E-state index contributed by atoms with van der Waals surface area (Å²) in [6.07, 6.45) is 7.89. The van der Waals surface area contributed by atoms with Crippen LogP contribution >= 0.6 is 0 Å². The van der Waals surface area contributed by atoms with E-state index in [1.54, 1.807) is 12.7 Å². The minimum Gasteiger partial charge on any atom is -0.352 e. The molecule has 1 saturated heterocycles. The Bertz CT molecular complexity index is 1050. The number of carbonyl (C=O) groups excluding carboxylic acids is 1. The summed E-state index contributed by atoms with van der Waals surface area (Å²) in [5, 5.41) is 3.05. The molecule has 1 unspecified atom stereocenters. The smallest absolute Gasteiger partial charge is 0.251 e. The van der Waals surface area contributed by atoms with Crippen LogP contribution in [0, 0.1) is 6.92 Å². The Hall–Kier alpha value is -2.96. The van der Waals surface area contributed by atoms with Gasteiger partial charge in [0.2, 0.25) is 0 Å². The van der Waals surface area contributed by atoms with Gasteiger partial charge in [-0.3, -0.25) is 9.36 Å². The zero-order valence-electron chi connectivity index (χ0n) is 16.2. The second-order valence-electron chi connectivity index (χ2n) is 7.92. The fraction of sp³-hybridized carbons (Fsp3) is 0.429. The number of anilines is 1. The molecule has 1 atom stereocenters. The molecule has 2 aromatic heterocycles. The molecule has 1 aromatic carbocycles. The number of benzene rings is 1. The zero-order chi connectivity index (χ0) is 19.3. The normalized spacial score (nSPS) is 19.4. The summed E-state index contributed by atoms with van der Waals surface area (Å²) >= 11 is 0. The maximum Gasteiger partial charge on any atom is 0.251 e. The summed E-state index contributed by atoms with van der Waals surface area (Å²) < 4.78 is 1.96. The fourth-order valence-corrected chi connectivity index (χ4v) is 3.96. The first kappa shape index (κ1) is 17.2. The van der Waals surface area contributed by atoms with Crippen LogP contribution in [0.2, 0.25) is 0 Å². The quantitative estimate of drug-likeness (QED) is 0.757. The van der Waals surface area contributed by atoms with E-state index in [1.807, 2.05) is 29.7 Å². The SMILES string of the molecule is Cc1ccc(C(=O)NC2CC2)cc1-n1cnc2c(N3CCCC3C)ncnc21. The van der Waals surface area contributed by atoms with Crippen LogP contribution in [0.4, 0.5) is 5.82 Å². The lowest BCUT2D eigenvalue weighted by Crippen LogP contribution is -2.27. The van der Waals surface area contributed by atoms with Crippen molar-refractivity contribution in [2.24, 2.45) is 0 Å². The molecule has 0 radical (unpaired) electrons. The van der Waals surface area contributed by atoms with Crippen LogP contribution in [0.25, 0.3) is 16.9 Å². The van der Waals surface area contributed by atoms with Gasteiger partial charge in [0.15, 0.2) is 17.0 Å². The first-order valence-corrected chi connectivity index (χ1v) is 9.98. The summed E-state index contributed by atoms with van der Waals surface area (Å²) in [4.78, 5) is 28.5. The van der Waals surface area contributed by atoms with Crippen molar-refractivity contribution in [1.82, 2.24) is 24.8 Å². The molecule has 0 spiro atoms. The lowest BCUT2D eigenvalue weighted by molar-refractivity contribution is 0.0951. The highest BCUT2D eigenvalue weighted by Gasteiger charge is 2.26. The number of rotatable bonds is 4. The van der Waals surface area contributed by atoms with Gasteiger partial charge < -0.3 is 10.2 Å². The maximum absolute atomic E-state index is 12.5. The molecule has 0 bridgehead atoms. The first-order chi connectivity index (χ1) is 13.6. The Morgan fingerprint density at radius 1 is 1.18 bits per heavy atom. The molecule has 7 heteroatoms. The average molecular weight is 376 g/mol. The largest absolute Gasteiger partial charge is 0.352 e. The van der Waals surface area contributed by atoms with Crippen LogP contribution in [0.3, 0.4) is 0 Å². The fourth-order valence-electron chi connectivity index (χ4n) is 3.96. The van der Waals surface area contributed by atoms with Crippen molar-refractivity contribution in [3.8, 4) is 5.69 Å². The highest BCUT2D eigenvalue weighted by atomic mass is 16.1. The van der Waals surface area contributed by atoms with E-state index < -0.39 is 0 Å². The highest BCUT2D eigenvalue weighted by molar-refractivity contribution is 5.95. The van der Waals surface area contributed by atoms with E-state index in [-0.39, 0.29) is 5.91 Å². The standard InChI is InChI=1S/C21H24N6O/c1-13-5-6-15(21(28)25-16-7-8-16)10-17(13)27-12-24-18-19(22-11-23-20(18)27)26-9-3-4-14(26)2/h5-6,10-12,14,16H,3-4,7-9H2,1-2H3,(H,25,28). The van der Waals surface area contributed by atoms with E-state index in [1.165, 1.54) is 12.8 Å². The van der Waals surface area contributed by atoms with Crippen molar-refractivity contribution >= 4 is 22.9 Å². The van der Waals surface area contributed by atoms with Gasteiger partial charge in [0.1, 0.15) is 12.7 Å². The van der Waals surface area contributed by atoms with E-state index in [0.29, 0.717) is 17.6 Å². The summed E-state index contributed by atoms with van der Waals surface area (Å²) in [5.41, 5.74) is 4.23. The summed E-state index contributed by atoms with van der Waals surface area (Å²) in [5.74, 6) is 0.878. The van der Waals surface area contributed by atoms with Crippen LogP contribution < -0.4 is 10.2 Å². The van der Waals surface area contributed by atoms with Gasteiger partial charge in [-0.15, -0.1) is 0 Å². The Labute approximate surface area is 163 Å². The zero-order valence-corrected chi connectivity index (χ0v) is 16.2. The van der Waals surface area contributed by atoms with Gasteiger partial charge in [-0.25, -0.2) is 15.0 Å². The summed E-state index contributed by atoms with van der Waals surface area (Å²) in [6, 6.07) is 6.58. The molecule has 28 heavy (non-hydrogen) atoms. The van der Waals surface area contributed by atoms with E-state index in [4.69, 9.17) is 0 Å². The molecule has 2 fully saturated rings. The number of hydrogen-bond acceptors (Lipinski definition) is 5. The maximum atomic E-state index is 12.5. The van der Waals surface area contributed by atoms with Crippen molar-refractivity contribution < 1.29 is 4.79 Å². The molecule has 7 nitrogen and oxygen atoms in total. The molecule has 1 amide bonds. The second-order valence-corrected chi connectivity index (χ2v) is 7.92. The third kappa shape index (κ3) is 2.91. The molecular weight excluding hydrogens is 352 g/mol. The molecule has 1 saturated carbocycles. The van der Waals surface area contributed by atoms with Crippen molar-refractivity contribution in [1.29, 1.82) is 0 Å². The van der Waals surface area contributed by atoms with Gasteiger partial charge >= 0.3 is 0 Å². The van der Waals surface area contributed by atoms with Gasteiger partial charge in [-0.2, -0.15) is 0 Å². The molecule has 144 valence electrons. The van der Waals surface area contributed by atoms with Crippen molar-refractivity contribution in [3.63, 3.8) is 0 Å². The third-order valence-electron chi connectivity index (χ3n) is 5.78. The summed E-state index contributed by atoms with van der Waals surface area (Å²) in [6.45, 7) is 5.26. The summed E-state index contributed by atoms with van der Waals surface area (Å²) in [7, 11) is 0. The van der Waals surface area contributed by atoms with E-state index >= 15 is 0 Å². The number of fused-ring (bicyclic) bond motifs is 1. The van der Waals surface area contributed by atoms with Crippen LogP contribution in [0.5, 0.6) is 0 Å². The minimum atomic E-state index is -0.0191. The van der Waals surface area contributed by atoms with Crippen LogP contribution in [0.15, 0.2) is 30.9 Å². The van der Waals surface area contributed by atoms with E-state index in [2.05, 4.69) is 32.1 Å². The van der Waals surface area contributed by atoms with Crippen molar-refractivity contribution in [3.05, 3.63) is 42.0 Å². The Balaban J connectivity index is 1.57. The van der Waals surface area contributed by atoms with E-state index in [9.17, 15) is 4.79 Å². The number of hydrogen-bond donors (Lipinski definition) is 1. The molecule has 1 N–H and O–H groups in total. The van der Waals surface area contributed by atoms with Gasteiger partial charge in [0, 0.05) is 24.2 Å². The predicted molar refractivity (Wildman–Crippen MR) is 108 cm³/mol. The van der Waals surface area contributed by atoms with Crippen molar-refractivity contribution in [2.75, 3.05) is 11.4 Å². The number of amides is 1. The first-order valence-electron chi connectivity index (χ1n) is 9.98. The molecule has 5 rings (SSSR count). The number of aryl methyl sites for hydroxylation is 1. The minimum absolute atomic E-state index is 0.0191. The Morgan fingerprint density at radius 2 is 2.04 bits per heavy atom. The topological polar surface area (TPSA) is 75.9 Å². The molecule has 3 aromatic rings. The van der Waals surface area contributed by atoms with Crippen molar-refractivity contribution in [2.45, 2.75) is 51.6 Å². The van der Waals surface area contributed by atoms with Crippen LogP contribution in [0.1, 0.15) is 48.5 Å². The van der Waals surface area contributed by atoms with Gasteiger partial charge in [0.25, 0.3) is 5.91 Å². The number of carbonyl (C=O) groups is 1. The monoisotopic (exact) mass is 376 g/mol. The average Bonchev–Trinajstić information content (AvgIpc) is 3.23. The van der Waals surface area contributed by atoms with Crippen LogP contribution in [-0.2, 0) is 0 Å². The highest BCUT2D eigenvalue weighted by Crippen LogP contribution is 2.30.